The van der Waals surface area contributed by atoms with E-state index in [1.807, 2.05) is 6.26 Å². The van der Waals surface area contributed by atoms with Gasteiger partial charge in [0.15, 0.2) is 5.75 Å². The number of halogens is 1. The molecule has 0 spiro atoms. The smallest absolute Gasteiger partial charge is 0.254 e. The van der Waals surface area contributed by atoms with Gasteiger partial charge in [0, 0.05) is 12.6 Å². The van der Waals surface area contributed by atoms with Crippen LogP contribution in [0, 0.1) is 0 Å². The molecule has 0 radical (unpaired) electrons. The van der Waals surface area contributed by atoms with E-state index in [0.717, 1.165) is 11.4 Å². The van der Waals surface area contributed by atoms with Crippen LogP contribution in [0.1, 0.15) is 16.8 Å². The Bertz CT molecular complexity index is 421. The first kappa shape index (κ1) is 12.7. The average molecular weight is 274 g/mol. The molecule has 2 rings (SSSR count). The van der Waals surface area contributed by atoms with Crippen LogP contribution in [0.15, 0.2) is 17.3 Å². The van der Waals surface area contributed by atoms with E-state index in [1.165, 1.54) is 18.0 Å². The predicted octanol–water partition coefficient (Wildman–Crippen LogP) is 2.35. The molecular weight excluding hydrogens is 262 g/mol. The zero-order valence-corrected chi connectivity index (χ0v) is 10.9. The summed E-state index contributed by atoms with van der Waals surface area (Å²) in [5.41, 5.74) is 0.346. The first-order chi connectivity index (χ1) is 8.20. The molecule has 1 aliphatic heterocycles. The van der Waals surface area contributed by atoms with Crippen molar-refractivity contribution >= 4 is 28.6 Å². The number of carbonyl (C=O) groups excluding carboxylic acids is 1. The zero-order valence-electron chi connectivity index (χ0n) is 9.31. The molecule has 6 heteroatoms. The van der Waals surface area contributed by atoms with Crippen molar-refractivity contribution in [1.29, 1.82) is 0 Å². The van der Waals surface area contributed by atoms with Crippen molar-refractivity contribution in [2.75, 3.05) is 19.5 Å². The van der Waals surface area contributed by atoms with E-state index in [9.17, 15) is 4.79 Å². The molecule has 1 aromatic heterocycles. The van der Waals surface area contributed by atoms with Gasteiger partial charge in [-0.05, 0) is 23.9 Å². The second-order valence-electron chi connectivity index (χ2n) is 3.61. The fourth-order valence-electron chi connectivity index (χ4n) is 1.56. The second-order valence-corrected chi connectivity index (χ2v) is 4.75. The van der Waals surface area contributed by atoms with Crippen molar-refractivity contribution in [1.82, 2.24) is 4.98 Å². The molecule has 0 saturated carbocycles. The highest BCUT2D eigenvalue weighted by Gasteiger charge is 2.19. The summed E-state index contributed by atoms with van der Waals surface area (Å²) in [6.45, 7) is 1.29. The lowest BCUT2D eigenvalue weighted by Crippen LogP contribution is -2.16. The Morgan fingerprint density at radius 2 is 2.53 bits per heavy atom. The standard InChI is InChI=1S/C11H12ClNO3S/c1-17-11-9(16-8-2-3-15-6-8)4-7(5-13-11)10(12)14/h4-5,8H,2-3,6H2,1H3. The summed E-state index contributed by atoms with van der Waals surface area (Å²) in [6.07, 6.45) is 4.25. The molecule has 0 N–H and O–H groups in total. The van der Waals surface area contributed by atoms with Crippen molar-refractivity contribution in [2.45, 2.75) is 17.6 Å². The van der Waals surface area contributed by atoms with Crippen LogP contribution >= 0.6 is 23.4 Å². The Balaban J connectivity index is 2.21. The van der Waals surface area contributed by atoms with Crippen LogP contribution in [0.5, 0.6) is 5.75 Å². The highest BCUT2D eigenvalue weighted by Crippen LogP contribution is 2.28. The van der Waals surface area contributed by atoms with Gasteiger partial charge in [0.1, 0.15) is 11.1 Å². The minimum atomic E-state index is -0.530. The third kappa shape index (κ3) is 3.12. The quantitative estimate of drug-likeness (QED) is 0.623. The number of carbonyl (C=O) groups is 1. The lowest BCUT2D eigenvalue weighted by Gasteiger charge is -2.14. The first-order valence-corrected chi connectivity index (χ1v) is 6.79. The van der Waals surface area contributed by atoms with E-state index in [2.05, 4.69) is 4.98 Å². The molecule has 0 aromatic carbocycles. The summed E-state index contributed by atoms with van der Waals surface area (Å²) in [4.78, 5) is 15.2. The van der Waals surface area contributed by atoms with E-state index >= 15 is 0 Å². The molecule has 0 amide bonds. The maximum absolute atomic E-state index is 11.1. The van der Waals surface area contributed by atoms with E-state index in [-0.39, 0.29) is 6.10 Å². The van der Waals surface area contributed by atoms with Gasteiger partial charge in [-0.1, -0.05) is 0 Å². The van der Waals surface area contributed by atoms with Crippen molar-refractivity contribution in [3.05, 3.63) is 17.8 Å². The highest BCUT2D eigenvalue weighted by molar-refractivity contribution is 7.98. The van der Waals surface area contributed by atoms with Gasteiger partial charge in [0.05, 0.1) is 18.8 Å². The second kappa shape index (κ2) is 5.71. The Morgan fingerprint density at radius 3 is 3.12 bits per heavy atom. The normalized spacial score (nSPS) is 19.3. The van der Waals surface area contributed by atoms with E-state index in [4.69, 9.17) is 21.1 Å². The van der Waals surface area contributed by atoms with Crippen LogP contribution in [0.2, 0.25) is 0 Å². The Morgan fingerprint density at radius 1 is 1.71 bits per heavy atom. The van der Waals surface area contributed by atoms with Crippen LogP contribution < -0.4 is 4.74 Å². The van der Waals surface area contributed by atoms with Crippen molar-refractivity contribution in [3.8, 4) is 5.75 Å². The molecule has 1 saturated heterocycles. The number of aromatic nitrogens is 1. The molecule has 0 bridgehead atoms. The van der Waals surface area contributed by atoms with Gasteiger partial charge in [-0.3, -0.25) is 4.79 Å². The topological polar surface area (TPSA) is 48.4 Å². The average Bonchev–Trinajstić information content (AvgIpc) is 2.81. The third-order valence-electron chi connectivity index (χ3n) is 2.42. The molecule has 92 valence electrons. The fourth-order valence-corrected chi connectivity index (χ4v) is 2.13. The highest BCUT2D eigenvalue weighted by atomic mass is 35.5. The Kier molecular flexibility index (Phi) is 4.25. The first-order valence-electron chi connectivity index (χ1n) is 5.19. The summed E-state index contributed by atoms with van der Waals surface area (Å²) < 4.78 is 11.0. The molecule has 1 fully saturated rings. The maximum Gasteiger partial charge on any atom is 0.254 e. The van der Waals surface area contributed by atoms with Crippen LogP contribution in [-0.2, 0) is 4.74 Å². The summed E-state index contributed by atoms with van der Waals surface area (Å²) in [6, 6.07) is 1.63. The van der Waals surface area contributed by atoms with Gasteiger partial charge < -0.3 is 9.47 Å². The zero-order chi connectivity index (χ0) is 12.3. The van der Waals surface area contributed by atoms with Crippen LogP contribution in [-0.4, -0.2) is 35.8 Å². The van der Waals surface area contributed by atoms with Crippen LogP contribution in [0.4, 0.5) is 0 Å². The number of thioether (sulfide) groups is 1. The van der Waals surface area contributed by atoms with E-state index in [1.54, 1.807) is 6.07 Å². The van der Waals surface area contributed by atoms with Gasteiger partial charge in [-0.25, -0.2) is 4.98 Å². The Labute approximate surface area is 109 Å². The molecule has 1 atom stereocenters. The van der Waals surface area contributed by atoms with Gasteiger partial charge >= 0.3 is 0 Å². The molecule has 1 aliphatic rings. The maximum atomic E-state index is 11.1. The summed E-state index contributed by atoms with van der Waals surface area (Å²) in [7, 11) is 0. The molecule has 1 unspecified atom stereocenters. The predicted molar refractivity (Wildman–Crippen MR) is 66.1 cm³/mol. The number of rotatable bonds is 4. The summed E-state index contributed by atoms with van der Waals surface area (Å²) in [5.74, 6) is 0.597. The van der Waals surface area contributed by atoms with Crippen molar-refractivity contribution in [2.24, 2.45) is 0 Å². The third-order valence-corrected chi connectivity index (χ3v) is 3.33. The number of hydrogen-bond acceptors (Lipinski definition) is 5. The summed E-state index contributed by atoms with van der Waals surface area (Å²) >= 11 is 6.89. The summed E-state index contributed by atoms with van der Waals surface area (Å²) in [5, 5.41) is 0.219. The number of nitrogens with zero attached hydrogens (tertiary/aromatic N) is 1. The molecule has 17 heavy (non-hydrogen) atoms. The number of ether oxygens (including phenoxy) is 2. The largest absolute Gasteiger partial charge is 0.485 e. The fraction of sp³-hybridized carbons (Fsp3) is 0.455. The van der Waals surface area contributed by atoms with Crippen LogP contribution in [0.3, 0.4) is 0 Å². The monoisotopic (exact) mass is 273 g/mol. The molecule has 2 heterocycles. The van der Waals surface area contributed by atoms with Gasteiger partial charge in [-0.15, -0.1) is 11.8 Å². The van der Waals surface area contributed by atoms with Crippen molar-refractivity contribution in [3.63, 3.8) is 0 Å². The lowest BCUT2D eigenvalue weighted by molar-refractivity contribution is 0.107. The molecular formula is C11H12ClNO3S. The van der Waals surface area contributed by atoms with Gasteiger partial charge in [-0.2, -0.15) is 0 Å². The number of pyridine rings is 1. The number of hydrogen-bond donors (Lipinski definition) is 0. The van der Waals surface area contributed by atoms with E-state index in [0.29, 0.717) is 24.5 Å². The minimum absolute atomic E-state index is 0.0309. The molecule has 1 aromatic rings. The van der Waals surface area contributed by atoms with Gasteiger partial charge in [0.2, 0.25) is 0 Å². The minimum Gasteiger partial charge on any atom is -0.485 e. The SMILES string of the molecule is CSc1ncc(C(=O)Cl)cc1OC1CCOC1. The Hall–Kier alpha value is -0.780. The molecule has 0 aliphatic carbocycles. The lowest BCUT2D eigenvalue weighted by atomic mass is 10.3. The van der Waals surface area contributed by atoms with E-state index < -0.39 is 5.24 Å². The van der Waals surface area contributed by atoms with Gasteiger partial charge in [0.25, 0.3) is 5.24 Å². The van der Waals surface area contributed by atoms with Crippen molar-refractivity contribution < 1.29 is 14.3 Å². The van der Waals surface area contributed by atoms with Crippen LogP contribution in [0.25, 0.3) is 0 Å². The molecule has 4 nitrogen and oxygen atoms in total.